The van der Waals surface area contributed by atoms with Crippen molar-refractivity contribution in [3.63, 3.8) is 0 Å². The first-order valence-corrected chi connectivity index (χ1v) is 4.57. The van der Waals surface area contributed by atoms with Gasteiger partial charge in [-0.15, -0.1) is 0 Å². The Morgan fingerprint density at radius 1 is 1.67 bits per heavy atom. The van der Waals surface area contributed by atoms with Crippen LogP contribution in [0.5, 0.6) is 0 Å². The minimum absolute atomic E-state index is 0.149. The first-order valence-electron chi connectivity index (χ1n) is 4.57. The highest BCUT2D eigenvalue weighted by molar-refractivity contribution is 5.75. The summed E-state index contributed by atoms with van der Waals surface area (Å²) in [6.45, 7) is 5.24. The van der Waals surface area contributed by atoms with Crippen LogP contribution in [0.4, 0.5) is 0 Å². The Bertz CT molecular complexity index is 159. The fourth-order valence-electron chi connectivity index (χ4n) is 1.43. The van der Waals surface area contributed by atoms with Crippen molar-refractivity contribution in [1.29, 1.82) is 0 Å². The third kappa shape index (κ3) is 2.48. The molecule has 0 N–H and O–H groups in total. The molecule has 0 aliphatic carbocycles. The van der Waals surface area contributed by atoms with Gasteiger partial charge in [0.05, 0.1) is 6.61 Å². The van der Waals surface area contributed by atoms with E-state index in [1.807, 2.05) is 6.92 Å². The van der Waals surface area contributed by atoms with Gasteiger partial charge in [-0.1, -0.05) is 6.92 Å². The van der Waals surface area contributed by atoms with E-state index in [9.17, 15) is 4.79 Å². The van der Waals surface area contributed by atoms with E-state index in [-0.39, 0.29) is 12.0 Å². The Morgan fingerprint density at radius 2 is 2.42 bits per heavy atom. The zero-order chi connectivity index (χ0) is 8.97. The van der Waals surface area contributed by atoms with Gasteiger partial charge in [0, 0.05) is 6.54 Å². The largest absolute Gasteiger partial charge is 0.465 e. The number of nitrogens with zero attached hydrogens (tertiary/aromatic N) is 1. The van der Waals surface area contributed by atoms with Crippen LogP contribution in [0, 0.1) is 5.92 Å². The van der Waals surface area contributed by atoms with Crippen LogP contribution < -0.4 is 5.32 Å². The average Bonchev–Trinajstić information content (AvgIpc) is 2.05. The van der Waals surface area contributed by atoms with Gasteiger partial charge in [0.15, 0.2) is 0 Å². The average molecular weight is 170 g/mol. The van der Waals surface area contributed by atoms with E-state index in [0.29, 0.717) is 12.5 Å². The van der Waals surface area contributed by atoms with Crippen LogP contribution in [0.3, 0.4) is 0 Å². The van der Waals surface area contributed by atoms with E-state index in [1.54, 1.807) is 0 Å². The second-order valence-corrected chi connectivity index (χ2v) is 3.30. The zero-order valence-corrected chi connectivity index (χ0v) is 7.75. The summed E-state index contributed by atoms with van der Waals surface area (Å²) >= 11 is 0. The highest BCUT2D eigenvalue weighted by atomic mass is 16.5. The molecule has 1 radical (unpaired) electrons. The second-order valence-electron chi connectivity index (χ2n) is 3.30. The zero-order valence-electron chi connectivity index (χ0n) is 7.75. The standard InChI is InChI=1S/C9H16NO2/c1-3-12-9(11)8-6-7(2)4-5-10-8/h7-8H,3-6H2,1-2H3. The quantitative estimate of drug-likeness (QED) is 0.579. The van der Waals surface area contributed by atoms with E-state index < -0.39 is 0 Å². The van der Waals surface area contributed by atoms with Crippen molar-refractivity contribution in [1.82, 2.24) is 5.32 Å². The minimum Gasteiger partial charge on any atom is -0.465 e. The molecule has 3 heteroatoms. The van der Waals surface area contributed by atoms with Crippen molar-refractivity contribution in [3.8, 4) is 0 Å². The molecule has 12 heavy (non-hydrogen) atoms. The maximum Gasteiger partial charge on any atom is 0.324 e. The topological polar surface area (TPSA) is 40.4 Å². The van der Waals surface area contributed by atoms with Gasteiger partial charge in [0.25, 0.3) is 0 Å². The van der Waals surface area contributed by atoms with Crippen LogP contribution in [0.25, 0.3) is 0 Å². The van der Waals surface area contributed by atoms with Gasteiger partial charge >= 0.3 is 5.97 Å². The van der Waals surface area contributed by atoms with Gasteiger partial charge in [-0.05, 0) is 25.7 Å². The molecule has 0 aromatic carbocycles. The smallest absolute Gasteiger partial charge is 0.324 e. The number of piperidine rings is 1. The van der Waals surface area contributed by atoms with Crippen molar-refractivity contribution in [2.75, 3.05) is 13.2 Å². The lowest BCUT2D eigenvalue weighted by atomic mass is 9.94. The van der Waals surface area contributed by atoms with Crippen LogP contribution in [-0.2, 0) is 9.53 Å². The number of carbonyl (C=O) groups is 1. The fraction of sp³-hybridized carbons (Fsp3) is 0.889. The fourth-order valence-corrected chi connectivity index (χ4v) is 1.43. The lowest BCUT2D eigenvalue weighted by Crippen LogP contribution is -2.39. The third-order valence-electron chi connectivity index (χ3n) is 2.16. The molecule has 0 aromatic rings. The maximum atomic E-state index is 11.2. The molecule has 0 amide bonds. The first kappa shape index (κ1) is 9.52. The second kappa shape index (κ2) is 4.45. The van der Waals surface area contributed by atoms with Gasteiger partial charge in [-0.25, -0.2) is 5.32 Å². The van der Waals surface area contributed by atoms with E-state index >= 15 is 0 Å². The number of hydrogen-bond acceptors (Lipinski definition) is 2. The molecule has 2 unspecified atom stereocenters. The van der Waals surface area contributed by atoms with Gasteiger partial charge in [-0.3, -0.25) is 4.79 Å². The van der Waals surface area contributed by atoms with E-state index in [2.05, 4.69) is 12.2 Å². The van der Waals surface area contributed by atoms with E-state index in [1.165, 1.54) is 0 Å². The Balaban J connectivity index is 2.35. The molecule has 1 rings (SSSR count). The molecular weight excluding hydrogens is 154 g/mol. The molecule has 1 aliphatic heterocycles. The number of rotatable bonds is 2. The Morgan fingerprint density at radius 3 is 3.00 bits per heavy atom. The normalized spacial score (nSPS) is 29.8. The highest BCUT2D eigenvalue weighted by Gasteiger charge is 2.26. The minimum atomic E-state index is -0.186. The predicted octanol–water partition coefficient (Wildman–Crippen LogP) is 0.952. The molecule has 1 saturated heterocycles. The molecule has 69 valence electrons. The highest BCUT2D eigenvalue weighted by Crippen LogP contribution is 2.16. The first-order chi connectivity index (χ1) is 5.74. The predicted molar refractivity (Wildman–Crippen MR) is 45.8 cm³/mol. The van der Waals surface area contributed by atoms with Gasteiger partial charge in [-0.2, -0.15) is 0 Å². The summed E-state index contributed by atoms with van der Waals surface area (Å²) in [7, 11) is 0. The SMILES string of the molecule is CCOC(=O)C1CC(C)CC[N]1. The maximum absolute atomic E-state index is 11.2. The van der Waals surface area contributed by atoms with Gasteiger partial charge < -0.3 is 4.74 Å². The van der Waals surface area contributed by atoms with Crippen LogP contribution in [-0.4, -0.2) is 25.2 Å². The van der Waals surface area contributed by atoms with E-state index in [0.717, 1.165) is 19.4 Å². The monoisotopic (exact) mass is 170 g/mol. The van der Waals surface area contributed by atoms with Crippen LogP contribution in [0.1, 0.15) is 26.7 Å². The Kier molecular flexibility index (Phi) is 3.53. The van der Waals surface area contributed by atoms with Crippen molar-refractivity contribution in [2.24, 2.45) is 5.92 Å². The number of carbonyl (C=O) groups excluding carboxylic acids is 1. The number of esters is 1. The summed E-state index contributed by atoms with van der Waals surface area (Å²) in [5, 5.41) is 4.22. The lowest BCUT2D eigenvalue weighted by molar-refractivity contribution is -0.146. The number of ether oxygens (including phenoxy) is 1. The van der Waals surface area contributed by atoms with Gasteiger partial charge in [0.2, 0.25) is 0 Å². The summed E-state index contributed by atoms with van der Waals surface area (Å²) in [5.41, 5.74) is 0. The van der Waals surface area contributed by atoms with E-state index in [4.69, 9.17) is 4.74 Å². The number of hydrogen-bond donors (Lipinski definition) is 0. The van der Waals surface area contributed by atoms with Crippen molar-refractivity contribution in [2.45, 2.75) is 32.7 Å². The third-order valence-corrected chi connectivity index (χ3v) is 2.16. The van der Waals surface area contributed by atoms with Gasteiger partial charge in [0.1, 0.15) is 6.04 Å². The summed E-state index contributed by atoms with van der Waals surface area (Å²) < 4.78 is 4.90. The molecule has 1 aliphatic rings. The van der Waals surface area contributed by atoms with Crippen LogP contribution in [0.2, 0.25) is 0 Å². The summed E-state index contributed by atoms with van der Waals surface area (Å²) in [4.78, 5) is 11.2. The van der Waals surface area contributed by atoms with Crippen molar-refractivity contribution >= 4 is 5.97 Å². The van der Waals surface area contributed by atoms with Crippen LogP contribution in [0.15, 0.2) is 0 Å². The molecule has 0 saturated carbocycles. The molecule has 0 bridgehead atoms. The van der Waals surface area contributed by atoms with Crippen molar-refractivity contribution in [3.05, 3.63) is 0 Å². The molecular formula is C9H16NO2. The summed E-state index contributed by atoms with van der Waals surface area (Å²) in [5.74, 6) is 0.459. The van der Waals surface area contributed by atoms with Crippen molar-refractivity contribution < 1.29 is 9.53 Å². The lowest BCUT2D eigenvalue weighted by Gasteiger charge is -2.24. The Labute approximate surface area is 73.5 Å². The van der Waals surface area contributed by atoms with Crippen LogP contribution >= 0.6 is 0 Å². The molecule has 0 spiro atoms. The molecule has 1 heterocycles. The molecule has 1 fully saturated rings. The molecule has 2 atom stereocenters. The summed E-state index contributed by atoms with van der Waals surface area (Å²) in [6, 6.07) is -0.186. The Hall–Kier alpha value is -0.570. The summed E-state index contributed by atoms with van der Waals surface area (Å²) in [6.07, 6.45) is 1.97. The molecule has 3 nitrogen and oxygen atoms in total. The molecule has 0 aromatic heterocycles.